The summed E-state index contributed by atoms with van der Waals surface area (Å²) >= 11 is 0. The second-order valence-corrected chi connectivity index (χ2v) is 6.92. The number of likely N-dealkylation sites (tertiary alicyclic amines) is 1. The molecule has 0 spiro atoms. The van der Waals surface area contributed by atoms with E-state index in [1.54, 1.807) is 0 Å². The highest BCUT2D eigenvalue weighted by Gasteiger charge is 2.18. The number of amides is 1. The third-order valence-corrected chi connectivity index (χ3v) is 4.50. The van der Waals surface area contributed by atoms with Gasteiger partial charge in [0.2, 0.25) is 5.91 Å². The summed E-state index contributed by atoms with van der Waals surface area (Å²) in [6.45, 7) is 10.8. The van der Waals surface area contributed by atoms with Gasteiger partial charge in [-0.1, -0.05) is 19.1 Å². The minimum Gasteiger partial charge on any atom is -0.493 e. The van der Waals surface area contributed by atoms with E-state index in [4.69, 9.17) is 9.73 Å². The molecule has 0 bridgehead atoms. The molecule has 2 N–H and O–H groups in total. The molecule has 1 heterocycles. The number of ether oxygens (including phenoxy) is 1. The molecule has 0 aromatic heterocycles. The Hall–Kier alpha value is -1.51. The molecular formula is C21H35IN4O2. The molecule has 1 aromatic rings. The zero-order valence-electron chi connectivity index (χ0n) is 17.4. The van der Waals surface area contributed by atoms with Gasteiger partial charge in [0.25, 0.3) is 0 Å². The number of benzene rings is 1. The highest BCUT2D eigenvalue weighted by atomic mass is 127. The molecule has 0 atom stereocenters. The van der Waals surface area contributed by atoms with Gasteiger partial charge in [-0.2, -0.15) is 0 Å². The molecule has 0 unspecified atom stereocenters. The van der Waals surface area contributed by atoms with Gasteiger partial charge in [0.05, 0.1) is 13.2 Å². The van der Waals surface area contributed by atoms with Crippen LogP contribution in [0.4, 0.5) is 0 Å². The lowest BCUT2D eigenvalue weighted by Gasteiger charge is -2.16. The largest absolute Gasteiger partial charge is 0.493 e. The van der Waals surface area contributed by atoms with Crippen molar-refractivity contribution in [2.24, 2.45) is 4.99 Å². The van der Waals surface area contributed by atoms with Crippen molar-refractivity contribution in [2.75, 3.05) is 32.8 Å². The van der Waals surface area contributed by atoms with Crippen LogP contribution in [0.1, 0.15) is 50.7 Å². The number of carbonyl (C=O) groups is 1. The lowest BCUT2D eigenvalue weighted by molar-refractivity contribution is -0.127. The maximum absolute atomic E-state index is 11.7. The summed E-state index contributed by atoms with van der Waals surface area (Å²) in [4.78, 5) is 18.3. The molecule has 1 aromatic carbocycles. The Bertz CT molecular complexity index is 637. The van der Waals surface area contributed by atoms with Crippen LogP contribution < -0.4 is 15.4 Å². The lowest BCUT2D eigenvalue weighted by atomic mass is 10.1. The maximum Gasteiger partial charge on any atom is 0.222 e. The van der Waals surface area contributed by atoms with E-state index in [1.165, 1.54) is 5.56 Å². The number of aryl methyl sites for hydroxylation is 1. The van der Waals surface area contributed by atoms with Crippen molar-refractivity contribution in [3.05, 3.63) is 29.3 Å². The molecule has 2 rings (SSSR count). The number of carbonyl (C=O) groups excluding carboxylic acids is 1. The molecule has 158 valence electrons. The third kappa shape index (κ3) is 8.24. The van der Waals surface area contributed by atoms with Gasteiger partial charge >= 0.3 is 0 Å². The summed E-state index contributed by atoms with van der Waals surface area (Å²) in [7, 11) is 0. The Labute approximate surface area is 186 Å². The van der Waals surface area contributed by atoms with Crippen molar-refractivity contribution in [1.29, 1.82) is 0 Å². The number of guanidine groups is 1. The molecular weight excluding hydrogens is 467 g/mol. The first kappa shape index (κ1) is 24.5. The minimum atomic E-state index is 0. The first-order valence-electron chi connectivity index (χ1n) is 10.2. The highest BCUT2D eigenvalue weighted by Crippen LogP contribution is 2.21. The number of nitrogens with zero attached hydrogens (tertiary/aromatic N) is 2. The number of halogens is 1. The monoisotopic (exact) mass is 502 g/mol. The molecule has 7 heteroatoms. The van der Waals surface area contributed by atoms with E-state index in [0.29, 0.717) is 19.6 Å². The van der Waals surface area contributed by atoms with Crippen molar-refractivity contribution < 1.29 is 9.53 Å². The first-order valence-corrected chi connectivity index (χ1v) is 10.2. The van der Waals surface area contributed by atoms with Gasteiger partial charge in [0.15, 0.2) is 5.96 Å². The second kappa shape index (κ2) is 13.6. The third-order valence-electron chi connectivity index (χ3n) is 4.50. The Morgan fingerprint density at radius 2 is 2.11 bits per heavy atom. The SMILES string of the molecule is CCCOc1cc(C)ccc1CN=C(NCC)NCCCN1CCCC1=O.I. The summed E-state index contributed by atoms with van der Waals surface area (Å²) in [5, 5.41) is 6.65. The van der Waals surface area contributed by atoms with Crippen molar-refractivity contribution in [1.82, 2.24) is 15.5 Å². The van der Waals surface area contributed by atoms with E-state index in [-0.39, 0.29) is 29.9 Å². The standard InChI is InChI=1S/C21H34N4O2.HI/c1-4-14-27-19-15-17(3)9-10-18(19)16-24-21(22-5-2)23-11-7-13-25-12-6-8-20(25)26;/h9-10,15H,4-8,11-14,16H2,1-3H3,(H2,22,23,24);1H. The molecule has 0 aliphatic carbocycles. The number of rotatable bonds is 10. The lowest BCUT2D eigenvalue weighted by Crippen LogP contribution is -2.39. The zero-order valence-corrected chi connectivity index (χ0v) is 19.8. The van der Waals surface area contributed by atoms with Crippen molar-refractivity contribution in [3.63, 3.8) is 0 Å². The first-order chi connectivity index (χ1) is 13.1. The normalized spacial score (nSPS) is 14.0. The van der Waals surface area contributed by atoms with Gasteiger partial charge in [0.1, 0.15) is 5.75 Å². The molecule has 0 radical (unpaired) electrons. The quantitative estimate of drug-likeness (QED) is 0.223. The molecule has 1 aliphatic rings. The minimum absolute atomic E-state index is 0. The predicted molar refractivity (Wildman–Crippen MR) is 126 cm³/mol. The van der Waals surface area contributed by atoms with E-state index in [9.17, 15) is 4.79 Å². The number of aliphatic imine (C=N–C) groups is 1. The number of nitrogens with one attached hydrogen (secondary N) is 2. The van der Waals surface area contributed by atoms with Crippen LogP contribution in [0.15, 0.2) is 23.2 Å². The fourth-order valence-corrected chi connectivity index (χ4v) is 3.06. The van der Waals surface area contributed by atoms with Gasteiger partial charge in [0, 0.05) is 38.2 Å². The van der Waals surface area contributed by atoms with Crippen LogP contribution in [-0.2, 0) is 11.3 Å². The smallest absolute Gasteiger partial charge is 0.222 e. The van der Waals surface area contributed by atoms with Crippen LogP contribution in [0.25, 0.3) is 0 Å². The zero-order chi connectivity index (χ0) is 19.5. The molecule has 28 heavy (non-hydrogen) atoms. The van der Waals surface area contributed by atoms with E-state index < -0.39 is 0 Å². The topological polar surface area (TPSA) is 66.0 Å². The Kier molecular flexibility index (Phi) is 11.9. The molecule has 1 fully saturated rings. The summed E-state index contributed by atoms with van der Waals surface area (Å²) in [5.74, 6) is 2.01. The van der Waals surface area contributed by atoms with Crippen LogP contribution in [0, 0.1) is 6.92 Å². The van der Waals surface area contributed by atoms with Gasteiger partial charge in [-0.25, -0.2) is 4.99 Å². The van der Waals surface area contributed by atoms with Crippen molar-refractivity contribution in [2.45, 2.75) is 53.0 Å². The fraction of sp³-hybridized carbons (Fsp3) is 0.619. The van der Waals surface area contributed by atoms with Crippen LogP contribution >= 0.6 is 24.0 Å². The number of hydrogen-bond acceptors (Lipinski definition) is 3. The van der Waals surface area contributed by atoms with Crippen LogP contribution in [0.2, 0.25) is 0 Å². The molecule has 1 amide bonds. The molecule has 6 nitrogen and oxygen atoms in total. The molecule has 1 aliphatic heterocycles. The second-order valence-electron chi connectivity index (χ2n) is 6.92. The molecule has 0 saturated carbocycles. The van der Waals surface area contributed by atoms with E-state index in [1.807, 2.05) is 4.90 Å². The average Bonchev–Trinajstić information content (AvgIpc) is 3.07. The van der Waals surface area contributed by atoms with E-state index in [2.05, 4.69) is 49.6 Å². The Morgan fingerprint density at radius 3 is 2.79 bits per heavy atom. The van der Waals surface area contributed by atoms with Crippen molar-refractivity contribution >= 4 is 35.8 Å². The molecule has 1 saturated heterocycles. The summed E-state index contributed by atoms with van der Waals surface area (Å²) in [5.41, 5.74) is 2.28. The van der Waals surface area contributed by atoms with Gasteiger partial charge in [-0.3, -0.25) is 4.79 Å². The van der Waals surface area contributed by atoms with Gasteiger partial charge in [-0.15, -0.1) is 24.0 Å². The summed E-state index contributed by atoms with van der Waals surface area (Å²) in [6, 6.07) is 6.26. The summed E-state index contributed by atoms with van der Waals surface area (Å²) in [6.07, 6.45) is 3.61. The van der Waals surface area contributed by atoms with E-state index in [0.717, 1.165) is 62.7 Å². The predicted octanol–water partition coefficient (Wildman–Crippen LogP) is 3.47. The van der Waals surface area contributed by atoms with Crippen LogP contribution in [-0.4, -0.2) is 49.6 Å². The van der Waals surface area contributed by atoms with Gasteiger partial charge < -0.3 is 20.3 Å². The van der Waals surface area contributed by atoms with Crippen LogP contribution in [0.3, 0.4) is 0 Å². The average molecular weight is 502 g/mol. The summed E-state index contributed by atoms with van der Waals surface area (Å²) < 4.78 is 5.88. The maximum atomic E-state index is 11.7. The van der Waals surface area contributed by atoms with E-state index >= 15 is 0 Å². The Balaban J connectivity index is 0.00000392. The Morgan fingerprint density at radius 1 is 1.29 bits per heavy atom. The highest BCUT2D eigenvalue weighted by molar-refractivity contribution is 14.0. The van der Waals surface area contributed by atoms with Crippen LogP contribution in [0.5, 0.6) is 5.75 Å². The fourth-order valence-electron chi connectivity index (χ4n) is 3.06. The number of hydrogen-bond donors (Lipinski definition) is 2. The van der Waals surface area contributed by atoms with Crippen molar-refractivity contribution in [3.8, 4) is 5.75 Å². The van der Waals surface area contributed by atoms with Gasteiger partial charge in [-0.05, 0) is 44.7 Å².